The second kappa shape index (κ2) is 24.3. The number of aromatic hydroxyl groups is 1. The molecule has 6 rings (SSSR count). The van der Waals surface area contributed by atoms with Crippen LogP contribution in [0.15, 0.2) is 109 Å². The Labute approximate surface area is 411 Å². The molecule has 4 aromatic carbocycles. The number of nitrogens with zero attached hydrogens (tertiary/aromatic N) is 3. The number of aliphatic hydroxyl groups excluding tert-OH is 1. The van der Waals surface area contributed by atoms with E-state index in [4.69, 9.17) is 10.5 Å². The maximum Gasteiger partial charge on any atom is 0.243 e. The van der Waals surface area contributed by atoms with E-state index in [1.165, 1.54) is 10.5 Å². The number of aromatic nitrogens is 1. The lowest BCUT2D eigenvalue weighted by atomic mass is 9.70. The summed E-state index contributed by atoms with van der Waals surface area (Å²) in [6.07, 6.45) is 3.63. The van der Waals surface area contributed by atoms with E-state index in [1.54, 1.807) is 35.4 Å². The van der Waals surface area contributed by atoms with Crippen LogP contribution in [0, 0.1) is 24.2 Å². The van der Waals surface area contributed by atoms with Gasteiger partial charge >= 0.3 is 0 Å². The molecular formula is C56H69N5O7S. The molecule has 1 aliphatic rings. The number of hydrogen-bond acceptors (Lipinski definition) is 9. The third kappa shape index (κ3) is 13.9. The highest BCUT2D eigenvalue weighted by atomic mass is 32.1. The zero-order chi connectivity index (χ0) is 49.7. The Morgan fingerprint density at radius 1 is 0.899 bits per heavy atom. The number of amides is 4. The molecule has 1 fully saturated rings. The number of nitrogens with one attached hydrogen (secondary N) is 1. The molecule has 1 aromatic heterocycles. The Morgan fingerprint density at radius 3 is 2.16 bits per heavy atom. The standard InChI is InChI=1S/C56H69N5O7S/c1-7-46(39-15-11-10-12-16-39)50(40-23-27-43(62)28-24-40)41-25-29-45(30-26-41)68-32-31-60(6)49(64)18-14-9-8-13-17-47(53(57)65)51(56(3,4)5)55(67)61-35-44(63)33-48(61)54(66)58-34-38-19-21-42(22-20-38)52-37(2)59-36-69-52/h10-12,15-16,19-30,36,44,47-48,51,62-63H,7-9,13-14,17-18,31-35H2,1-6H3,(H2,57,65)(H,58,66)/t44-,47?,48+,51-/m1/s1. The zero-order valence-electron chi connectivity index (χ0n) is 40.9. The third-order valence-electron chi connectivity index (χ3n) is 13.1. The minimum absolute atomic E-state index is 0.00341. The number of likely N-dealkylation sites (N-methyl/N-ethyl adjacent to an activating group) is 1. The highest BCUT2D eigenvalue weighted by Gasteiger charge is 2.47. The highest BCUT2D eigenvalue weighted by Crippen LogP contribution is 2.39. The van der Waals surface area contributed by atoms with Crippen LogP contribution in [0.1, 0.15) is 107 Å². The van der Waals surface area contributed by atoms with Crippen molar-refractivity contribution in [2.45, 2.75) is 105 Å². The fraction of sp³-hybridized carbons (Fsp3) is 0.411. The Bertz CT molecular complexity index is 2520. The van der Waals surface area contributed by atoms with Crippen LogP contribution in [-0.2, 0) is 25.7 Å². The fourth-order valence-corrected chi connectivity index (χ4v) is 10.2. The van der Waals surface area contributed by atoms with E-state index < -0.39 is 35.3 Å². The predicted molar refractivity (Wildman–Crippen MR) is 274 cm³/mol. The SMILES string of the molecule is CCC(=C(c1ccc(O)cc1)c1ccc(OCCN(C)C(=O)CCCCCCC(C(N)=O)[C@H](C(=O)N2C[C@H](O)C[C@H]2C(=O)NCc2ccc(-c3scnc3C)cc2)C(C)(C)C)cc1)c1ccccc1. The van der Waals surface area contributed by atoms with Gasteiger partial charge in [-0.15, -0.1) is 11.3 Å². The number of ether oxygens (including phenoxy) is 1. The maximum atomic E-state index is 14.4. The second-order valence-electron chi connectivity index (χ2n) is 19.2. The number of nitrogens with two attached hydrogens (primary N) is 1. The molecule has 69 heavy (non-hydrogen) atoms. The summed E-state index contributed by atoms with van der Waals surface area (Å²) in [7, 11) is 1.78. The highest BCUT2D eigenvalue weighted by molar-refractivity contribution is 7.13. The van der Waals surface area contributed by atoms with Gasteiger partial charge in [0, 0.05) is 38.9 Å². The number of likely N-dealkylation sites (tertiary alicyclic amines) is 1. The summed E-state index contributed by atoms with van der Waals surface area (Å²) in [5.41, 5.74) is 15.5. The zero-order valence-corrected chi connectivity index (χ0v) is 41.8. The molecule has 1 saturated heterocycles. The summed E-state index contributed by atoms with van der Waals surface area (Å²) in [4.78, 5) is 62.7. The Morgan fingerprint density at radius 2 is 1.55 bits per heavy atom. The van der Waals surface area contributed by atoms with Gasteiger partial charge in [0.25, 0.3) is 0 Å². The molecule has 2 heterocycles. The number of carbonyl (C=O) groups excluding carboxylic acids is 4. The van der Waals surface area contributed by atoms with Crippen LogP contribution in [0.5, 0.6) is 11.5 Å². The number of aliphatic hydroxyl groups is 1. The predicted octanol–water partition coefficient (Wildman–Crippen LogP) is 9.41. The van der Waals surface area contributed by atoms with E-state index in [1.807, 2.05) is 112 Å². The molecule has 12 nitrogen and oxygen atoms in total. The lowest BCUT2D eigenvalue weighted by Crippen LogP contribution is -2.52. The van der Waals surface area contributed by atoms with E-state index in [0.717, 1.165) is 63.2 Å². The average molecular weight is 956 g/mol. The topological polar surface area (TPSA) is 175 Å². The van der Waals surface area contributed by atoms with Gasteiger partial charge in [-0.05, 0) is 94.8 Å². The van der Waals surface area contributed by atoms with Crippen LogP contribution < -0.4 is 15.8 Å². The van der Waals surface area contributed by atoms with Gasteiger partial charge in [0.1, 0.15) is 24.1 Å². The van der Waals surface area contributed by atoms with Crippen LogP contribution in [0.25, 0.3) is 21.6 Å². The van der Waals surface area contributed by atoms with Gasteiger partial charge in [-0.1, -0.05) is 126 Å². The molecule has 13 heteroatoms. The molecule has 1 unspecified atom stereocenters. The number of primary amides is 1. The molecule has 4 amide bonds. The van der Waals surface area contributed by atoms with E-state index in [0.29, 0.717) is 44.6 Å². The number of carbonyl (C=O) groups is 4. The van der Waals surface area contributed by atoms with Crippen LogP contribution in [-0.4, -0.2) is 87.5 Å². The van der Waals surface area contributed by atoms with Gasteiger partial charge in [0.05, 0.1) is 34.6 Å². The molecule has 0 aliphatic carbocycles. The first-order valence-electron chi connectivity index (χ1n) is 24.2. The summed E-state index contributed by atoms with van der Waals surface area (Å²) in [5, 5.41) is 23.7. The summed E-state index contributed by atoms with van der Waals surface area (Å²) in [6.45, 7) is 10.8. The lowest BCUT2D eigenvalue weighted by Gasteiger charge is -2.38. The minimum Gasteiger partial charge on any atom is -0.508 e. The smallest absolute Gasteiger partial charge is 0.243 e. The quantitative estimate of drug-likeness (QED) is 0.0392. The van der Waals surface area contributed by atoms with Crippen molar-refractivity contribution in [2.24, 2.45) is 23.0 Å². The normalized spacial score (nSPS) is 16.1. The molecule has 5 aromatic rings. The number of rotatable bonds is 22. The number of aryl methyl sites for hydroxylation is 1. The lowest BCUT2D eigenvalue weighted by molar-refractivity contribution is -0.149. The molecule has 5 N–H and O–H groups in total. The third-order valence-corrected chi connectivity index (χ3v) is 14.1. The monoisotopic (exact) mass is 955 g/mol. The molecule has 0 radical (unpaired) electrons. The first kappa shape index (κ1) is 52.1. The van der Waals surface area contributed by atoms with Crippen molar-refractivity contribution in [2.75, 3.05) is 26.7 Å². The number of phenolic OH excluding ortho intramolecular Hbond substituents is 1. The van der Waals surface area contributed by atoms with E-state index in [-0.39, 0.29) is 43.0 Å². The van der Waals surface area contributed by atoms with Gasteiger partial charge in [-0.2, -0.15) is 0 Å². The van der Waals surface area contributed by atoms with Crippen molar-refractivity contribution in [3.8, 4) is 21.9 Å². The molecule has 0 saturated carbocycles. The maximum absolute atomic E-state index is 14.4. The minimum atomic E-state index is -0.882. The van der Waals surface area contributed by atoms with Crippen LogP contribution in [0.4, 0.5) is 0 Å². The fourth-order valence-electron chi connectivity index (χ4n) is 9.40. The largest absolute Gasteiger partial charge is 0.508 e. The first-order chi connectivity index (χ1) is 33.0. The van der Waals surface area contributed by atoms with E-state index >= 15 is 0 Å². The van der Waals surface area contributed by atoms with Crippen molar-refractivity contribution >= 4 is 46.1 Å². The summed E-state index contributed by atoms with van der Waals surface area (Å²) < 4.78 is 6.07. The van der Waals surface area contributed by atoms with Crippen molar-refractivity contribution in [1.82, 2.24) is 20.1 Å². The van der Waals surface area contributed by atoms with Gasteiger partial charge in [-0.25, -0.2) is 4.98 Å². The summed E-state index contributed by atoms with van der Waals surface area (Å²) in [6, 6.07) is 32.6. The van der Waals surface area contributed by atoms with Gasteiger partial charge < -0.3 is 35.8 Å². The second-order valence-corrected chi connectivity index (χ2v) is 20.0. The number of thiazole rings is 1. The van der Waals surface area contributed by atoms with Crippen molar-refractivity contribution in [1.29, 1.82) is 0 Å². The summed E-state index contributed by atoms with van der Waals surface area (Å²) >= 11 is 1.57. The molecule has 4 atom stereocenters. The first-order valence-corrected chi connectivity index (χ1v) is 25.0. The molecule has 0 bridgehead atoms. The number of hydrogen-bond donors (Lipinski definition) is 4. The number of benzene rings is 4. The number of allylic oxidation sites excluding steroid dienone is 1. The van der Waals surface area contributed by atoms with Gasteiger partial charge in [-0.3, -0.25) is 19.2 Å². The number of unbranched alkanes of at least 4 members (excludes halogenated alkanes) is 3. The van der Waals surface area contributed by atoms with E-state index in [9.17, 15) is 29.4 Å². The number of phenols is 1. The Kier molecular flexibility index (Phi) is 18.3. The Hall–Kier alpha value is -6.31. The van der Waals surface area contributed by atoms with Crippen molar-refractivity contribution in [3.05, 3.63) is 137 Å². The van der Waals surface area contributed by atoms with E-state index in [2.05, 4.69) is 29.4 Å². The summed E-state index contributed by atoms with van der Waals surface area (Å²) in [5.74, 6) is -1.93. The van der Waals surface area contributed by atoms with Crippen molar-refractivity contribution in [3.63, 3.8) is 0 Å². The molecular weight excluding hydrogens is 887 g/mol. The van der Waals surface area contributed by atoms with Gasteiger partial charge in [0.2, 0.25) is 23.6 Å². The Balaban J connectivity index is 0.953. The molecule has 366 valence electrons. The molecule has 0 spiro atoms. The van der Waals surface area contributed by atoms with Crippen LogP contribution in [0.2, 0.25) is 0 Å². The number of β-amino-alcohol motifs (C(OH)–C–C–N with tert-alkyl or cyclic N) is 1. The average Bonchev–Trinajstić information content (AvgIpc) is 3.96. The van der Waals surface area contributed by atoms with Gasteiger partial charge in [0.15, 0.2) is 0 Å². The molecule has 1 aliphatic heterocycles. The van der Waals surface area contributed by atoms with Crippen molar-refractivity contribution < 1.29 is 34.1 Å². The van der Waals surface area contributed by atoms with Crippen LogP contribution >= 0.6 is 11.3 Å². The van der Waals surface area contributed by atoms with Crippen LogP contribution in [0.3, 0.4) is 0 Å².